The predicted molar refractivity (Wildman–Crippen MR) is 65.1 cm³/mol. The minimum absolute atomic E-state index is 0.0839. The Bertz CT molecular complexity index is 607. The number of para-hydroxylation sites is 1. The van der Waals surface area contributed by atoms with E-state index in [9.17, 15) is 22.0 Å². The molecule has 0 radical (unpaired) electrons. The van der Waals surface area contributed by atoms with E-state index in [1.807, 2.05) is 0 Å². The van der Waals surface area contributed by atoms with Gasteiger partial charge in [0.25, 0.3) is 0 Å². The van der Waals surface area contributed by atoms with Crippen LogP contribution in [0.1, 0.15) is 11.1 Å². The first kappa shape index (κ1) is 14.3. The Morgan fingerprint density at radius 1 is 0.950 bits per heavy atom. The molecule has 0 unspecified atom stereocenters. The molecule has 0 atom stereocenters. The van der Waals surface area contributed by atoms with Crippen molar-refractivity contribution in [2.75, 3.05) is 5.32 Å². The van der Waals surface area contributed by atoms with Crippen LogP contribution in [-0.4, -0.2) is 0 Å². The molecular weight excluding hydrogens is 277 g/mol. The number of nitrogens with one attached hydrogen (secondary N) is 1. The van der Waals surface area contributed by atoms with Crippen LogP contribution in [0.4, 0.5) is 27.6 Å². The molecule has 0 aliphatic heterocycles. The molecule has 2 aromatic carbocycles. The van der Waals surface area contributed by atoms with Crippen LogP contribution < -0.4 is 5.32 Å². The summed E-state index contributed by atoms with van der Waals surface area (Å²) in [7, 11) is 0. The van der Waals surface area contributed by atoms with Crippen LogP contribution in [0.25, 0.3) is 0 Å². The van der Waals surface area contributed by atoms with Gasteiger partial charge in [-0.15, -0.1) is 0 Å². The van der Waals surface area contributed by atoms with Crippen LogP contribution >= 0.6 is 0 Å². The van der Waals surface area contributed by atoms with E-state index in [0.717, 1.165) is 12.1 Å². The summed E-state index contributed by atoms with van der Waals surface area (Å²) in [5.74, 6) is -1.51. The summed E-state index contributed by atoms with van der Waals surface area (Å²) in [4.78, 5) is 0. The Morgan fingerprint density at radius 3 is 2.30 bits per heavy atom. The highest BCUT2D eigenvalue weighted by Crippen LogP contribution is 2.30. The molecule has 0 aliphatic carbocycles. The van der Waals surface area contributed by atoms with E-state index >= 15 is 0 Å². The van der Waals surface area contributed by atoms with Gasteiger partial charge in [0, 0.05) is 6.54 Å². The van der Waals surface area contributed by atoms with E-state index in [4.69, 9.17) is 0 Å². The summed E-state index contributed by atoms with van der Waals surface area (Å²) in [6.07, 6.45) is -4.62. The highest BCUT2D eigenvalue weighted by Gasteiger charge is 2.31. The Kier molecular flexibility index (Phi) is 3.92. The van der Waals surface area contributed by atoms with Gasteiger partial charge in [0.1, 0.15) is 11.6 Å². The molecular formula is C14H10F5N. The number of hydrogen-bond donors (Lipinski definition) is 1. The van der Waals surface area contributed by atoms with Gasteiger partial charge in [-0.25, -0.2) is 8.78 Å². The molecule has 0 spiro atoms. The summed E-state index contributed by atoms with van der Waals surface area (Å²) >= 11 is 0. The predicted octanol–water partition coefficient (Wildman–Crippen LogP) is 4.60. The molecule has 20 heavy (non-hydrogen) atoms. The van der Waals surface area contributed by atoms with Crippen LogP contribution in [0.5, 0.6) is 0 Å². The zero-order valence-corrected chi connectivity index (χ0v) is 10.1. The van der Waals surface area contributed by atoms with Crippen molar-refractivity contribution in [1.29, 1.82) is 0 Å². The third-order valence-corrected chi connectivity index (χ3v) is 2.64. The molecule has 2 rings (SSSR count). The number of alkyl halides is 3. The molecule has 0 heterocycles. The maximum atomic E-state index is 13.3. The zero-order valence-electron chi connectivity index (χ0n) is 10.1. The summed E-state index contributed by atoms with van der Waals surface area (Å²) in [5, 5.41) is 2.63. The Balaban J connectivity index is 2.18. The largest absolute Gasteiger partial charge is 0.416 e. The first-order valence-electron chi connectivity index (χ1n) is 5.71. The van der Waals surface area contributed by atoms with E-state index in [1.165, 1.54) is 18.2 Å². The number of halogens is 5. The Hall–Kier alpha value is -2.11. The highest BCUT2D eigenvalue weighted by atomic mass is 19.4. The van der Waals surface area contributed by atoms with Crippen LogP contribution in [0, 0.1) is 11.6 Å². The molecule has 1 nitrogen and oxygen atoms in total. The molecule has 0 aliphatic rings. The van der Waals surface area contributed by atoms with Crippen molar-refractivity contribution in [3.63, 3.8) is 0 Å². The van der Waals surface area contributed by atoms with E-state index in [1.54, 1.807) is 6.07 Å². The number of rotatable bonds is 3. The standard InChI is InChI=1S/C14H10F5N/c15-11-6-9(5-10(7-11)14(17,18)19)8-20-13-4-2-1-3-12(13)16/h1-7,20H,8H2. The minimum atomic E-state index is -4.62. The third-order valence-electron chi connectivity index (χ3n) is 2.64. The highest BCUT2D eigenvalue weighted by molar-refractivity contribution is 5.45. The van der Waals surface area contributed by atoms with E-state index in [-0.39, 0.29) is 17.8 Å². The van der Waals surface area contributed by atoms with Crippen molar-refractivity contribution >= 4 is 5.69 Å². The average Bonchev–Trinajstić information content (AvgIpc) is 2.36. The maximum absolute atomic E-state index is 13.3. The second kappa shape index (κ2) is 5.48. The summed E-state index contributed by atoms with van der Waals surface area (Å²) in [6, 6.07) is 7.96. The van der Waals surface area contributed by atoms with Crippen LogP contribution in [0.15, 0.2) is 42.5 Å². The molecule has 1 N–H and O–H groups in total. The van der Waals surface area contributed by atoms with Crippen molar-refractivity contribution in [2.45, 2.75) is 12.7 Å². The molecule has 0 bridgehead atoms. The quantitative estimate of drug-likeness (QED) is 0.814. The molecule has 0 saturated carbocycles. The van der Waals surface area contributed by atoms with Gasteiger partial charge >= 0.3 is 6.18 Å². The minimum Gasteiger partial charge on any atom is -0.379 e. The third kappa shape index (κ3) is 3.46. The lowest BCUT2D eigenvalue weighted by Crippen LogP contribution is -2.08. The van der Waals surface area contributed by atoms with E-state index < -0.39 is 23.4 Å². The molecule has 2 aromatic rings. The monoisotopic (exact) mass is 287 g/mol. The van der Waals surface area contributed by atoms with Crippen molar-refractivity contribution in [3.05, 3.63) is 65.2 Å². The van der Waals surface area contributed by atoms with Crippen molar-refractivity contribution in [3.8, 4) is 0 Å². The van der Waals surface area contributed by atoms with Crippen molar-refractivity contribution in [1.82, 2.24) is 0 Å². The van der Waals surface area contributed by atoms with Crippen molar-refractivity contribution < 1.29 is 22.0 Å². The first-order valence-corrected chi connectivity index (χ1v) is 5.71. The second-order valence-electron chi connectivity index (χ2n) is 4.18. The smallest absolute Gasteiger partial charge is 0.379 e. The zero-order chi connectivity index (χ0) is 14.8. The van der Waals surface area contributed by atoms with Gasteiger partial charge in [0.15, 0.2) is 0 Å². The van der Waals surface area contributed by atoms with Gasteiger partial charge in [-0.1, -0.05) is 12.1 Å². The van der Waals surface area contributed by atoms with Crippen LogP contribution in [-0.2, 0) is 12.7 Å². The Labute approximate surface area is 112 Å². The van der Waals surface area contributed by atoms with Gasteiger partial charge in [-0.2, -0.15) is 13.2 Å². The molecule has 6 heteroatoms. The fourth-order valence-electron chi connectivity index (χ4n) is 1.72. The van der Waals surface area contributed by atoms with Crippen LogP contribution in [0.2, 0.25) is 0 Å². The van der Waals surface area contributed by atoms with Crippen molar-refractivity contribution in [2.24, 2.45) is 0 Å². The fourth-order valence-corrected chi connectivity index (χ4v) is 1.72. The van der Waals surface area contributed by atoms with Gasteiger partial charge in [0.2, 0.25) is 0 Å². The lowest BCUT2D eigenvalue weighted by Gasteiger charge is -2.11. The lowest BCUT2D eigenvalue weighted by molar-refractivity contribution is -0.137. The van der Waals surface area contributed by atoms with E-state index in [2.05, 4.69) is 5.32 Å². The summed E-state index contributed by atoms with van der Waals surface area (Å²) in [6.45, 7) is -0.109. The fraction of sp³-hybridized carbons (Fsp3) is 0.143. The lowest BCUT2D eigenvalue weighted by atomic mass is 10.1. The average molecular weight is 287 g/mol. The van der Waals surface area contributed by atoms with Gasteiger partial charge in [-0.3, -0.25) is 0 Å². The summed E-state index contributed by atoms with van der Waals surface area (Å²) < 4.78 is 64.1. The molecule has 0 amide bonds. The molecule has 0 saturated heterocycles. The second-order valence-corrected chi connectivity index (χ2v) is 4.18. The summed E-state index contributed by atoms with van der Waals surface area (Å²) in [5.41, 5.74) is -0.839. The number of hydrogen-bond acceptors (Lipinski definition) is 1. The topological polar surface area (TPSA) is 12.0 Å². The molecule has 0 fully saturated rings. The maximum Gasteiger partial charge on any atom is 0.416 e. The SMILES string of the molecule is Fc1cc(CNc2ccccc2F)cc(C(F)(F)F)c1. The van der Waals surface area contributed by atoms with Gasteiger partial charge in [0.05, 0.1) is 11.3 Å². The molecule has 0 aromatic heterocycles. The van der Waals surface area contributed by atoms with Crippen LogP contribution in [0.3, 0.4) is 0 Å². The van der Waals surface area contributed by atoms with Gasteiger partial charge < -0.3 is 5.32 Å². The first-order chi connectivity index (χ1) is 9.36. The number of benzene rings is 2. The normalized spacial score (nSPS) is 11.4. The number of anilines is 1. The molecule has 106 valence electrons. The Morgan fingerprint density at radius 2 is 1.65 bits per heavy atom. The van der Waals surface area contributed by atoms with Gasteiger partial charge in [-0.05, 0) is 35.9 Å². The van der Waals surface area contributed by atoms with E-state index in [0.29, 0.717) is 6.07 Å².